The van der Waals surface area contributed by atoms with Crippen molar-refractivity contribution in [2.75, 3.05) is 13.2 Å². The molecule has 3 rings (SSSR count). The molecule has 1 N–H and O–H groups in total. The van der Waals surface area contributed by atoms with E-state index in [2.05, 4.69) is 50.9 Å². The molecule has 3 aromatic rings. The molecule has 1 heterocycles. The van der Waals surface area contributed by atoms with Gasteiger partial charge in [-0.2, -0.15) is 0 Å². The number of aromatic hydroxyl groups is 1. The Morgan fingerprint density at radius 2 is 1.70 bits per heavy atom. The minimum absolute atomic E-state index is 0.185. The van der Waals surface area contributed by atoms with Crippen molar-refractivity contribution in [1.82, 2.24) is 15.0 Å². The summed E-state index contributed by atoms with van der Waals surface area (Å²) in [7, 11) is 0. The summed E-state index contributed by atoms with van der Waals surface area (Å²) in [6, 6.07) is 9.49. The number of ether oxygens (including phenoxy) is 1. The maximum Gasteiger partial charge on any atom is 0.146 e. The average Bonchev–Trinajstić information content (AvgIpc) is 3.17. The van der Waals surface area contributed by atoms with E-state index in [1.54, 1.807) is 12.1 Å². The standard InChI is InChI=1S/C27H38ClN3O2/c1-6-7-8-9-10-11-14-33-18-19(2)20-15-22(27(3,4)5)26(32)25(16-20)31-29-23-13-12-21(28)17-24(23)30-31/h12-13,15-17,19,32H,6-11,14,18H2,1-5H3. The van der Waals surface area contributed by atoms with E-state index in [-0.39, 0.29) is 17.1 Å². The van der Waals surface area contributed by atoms with Crippen LogP contribution >= 0.6 is 11.6 Å². The largest absolute Gasteiger partial charge is 0.505 e. The number of nitrogens with zero attached hydrogens (tertiary/aromatic N) is 3. The van der Waals surface area contributed by atoms with Crippen molar-refractivity contribution in [3.8, 4) is 11.4 Å². The lowest BCUT2D eigenvalue weighted by atomic mass is 9.83. The SMILES string of the molecule is CCCCCCCCOCC(C)c1cc(-n2nc3ccc(Cl)cc3n2)c(O)c(C(C)(C)C)c1. The fourth-order valence-corrected chi connectivity index (χ4v) is 4.15. The zero-order chi connectivity index (χ0) is 24.0. The molecule has 1 atom stereocenters. The number of phenols is 1. The van der Waals surface area contributed by atoms with Crippen molar-refractivity contribution < 1.29 is 9.84 Å². The molecule has 33 heavy (non-hydrogen) atoms. The molecule has 1 unspecified atom stereocenters. The van der Waals surface area contributed by atoms with E-state index in [1.807, 2.05) is 12.1 Å². The van der Waals surface area contributed by atoms with E-state index in [0.29, 0.717) is 22.8 Å². The first kappa shape index (κ1) is 25.5. The molecule has 0 fully saturated rings. The van der Waals surface area contributed by atoms with Crippen LogP contribution in [-0.2, 0) is 10.2 Å². The molecule has 2 aromatic carbocycles. The first-order valence-electron chi connectivity index (χ1n) is 12.2. The molecule has 180 valence electrons. The van der Waals surface area contributed by atoms with E-state index in [0.717, 1.165) is 29.7 Å². The van der Waals surface area contributed by atoms with Crippen LogP contribution in [0, 0.1) is 0 Å². The first-order chi connectivity index (χ1) is 15.7. The summed E-state index contributed by atoms with van der Waals surface area (Å²) in [6.07, 6.45) is 7.55. The number of hydrogen-bond acceptors (Lipinski definition) is 4. The fourth-order valence-electron chi connectivity index (χ4n) is 3.99. The van der Waals surface area contributed by atoms with Gasteiger partial charge < -0.3 is 9.84 Å². The van der Waals surface area contributed by atoms with Crippen LogP contribution in [0.25, 0.3) is 16.7 Å². The minimum atomic E-state index is -0.232. The van der Waals surface area contributed by atoms with Gasteiger partial charge in [-0.15, -0.1) is 15.0 Å². The van der Waals surface area contributed by atoms with Gasteiger partial charge in [0.25, 0.3) is 0 Å². The third-order valence-corrected chi connectivity index (χ3v) is 6.29. The Bertz CT molecular complexity index is 1060. The lowest BCUT2D eigenvalue weighted by Crippen LogP contribution is -2.15. The van der Waals surface area contributed by atoms with Gasteiger partial charge in [-0.25, -0.2) is 0 Å². The summed E-state index contributed by atoms with van der Waals surface area (Å²) >= 11 is 6.12. The highest BCUT2D eigenvalue weighted by Crippen LogP contribution is 2.38. The highest BCUT2D eigenvalue weighted by atomic mass is 35.5. The Labute approximate surface area is 203 Å². The second kappa shape index (κ2) is 11.3. The molecule has 0 spiro atoms. The molecule has 0 aliphatic carbocycles. The van der Waals surface area contributed by atoms with Gasteiger partial charge in [0.2, 0.25) is 0 Å². The van der Waals surface area contributed by atoms with E-state index in [4.69, 9.17) is 16.3 Å². The highest BCUT2D eigenvalue weighted by molar-refractivity contribution is 6.31. The molecular weight excluding hydrogens is 434 g/mol. The van der Waals surface area contributed by atoms with Gasteiger partial charge in [-0.05, 0) is 41.7 Å². The van der Waals surface area contributed by atoms with Gasteiger partial charge in [-0.1, -0.05) is 84.4 Å². The number of unbranched alkanes of at least 4 members (excludes halogenated alkanes) is 5. The number of benzene rings is 2. The monoisotopic (exact) mass is 471 g/mol. The molecule has 6 heteroatoms. The zero-order valence-corrected chi connectivity index (χ0v) is 21.5. The van der Waals surface area contributed by atoms with E-state index >= 15 is 0 Å². The predicted octanol–water partition coefficient (Wildman–Crippen LogP) is 7.56. The number of rotatable bonds is 11. The van der Waals surface area contributed by atoms with Crippen molar-refractivity contribution in [2.45, 2.75) is 84.5 Å². The summed E-state index contributed by atoms with van der Waals surface area (Å²) in [5, 5.41) is 20.9. The predicted molar refractivity (Wildman–Crippen MR) is 137 cm³/mol. The minimum Gasteiger partial charge on any atom is -0.505 e. The molecule has 5 nitrogen and oxygen atoms in total. The maximum absolute atomic E-state index is 11.1. The Morgan fingerprint density at radius 1 is 1.00 bits per heavy atom. The molecule has 0 amide bonds. The number of hydrogen-bond donors (Lipinski definition) is 1. The van der Waals surface area contributed by atoms with Gasteiger partial charge in [-0.3, -0.25) is 0 Å². The van der Waals surface area contributed by atoms with Crippen LogP contribution in [0.15, 0.2) is 30.3 Å². The summed E-state index contributed by atoms with van der Waals surface area (Å²) in [6.45, 7) is 12.1. The second-order valence-corrected chi connectivity index (χ2v) is 10.5. The third-order valence-electron chi connectivity index (χ3n) is 6.06. The first-order valence-corrected chi connectivity index (χ1v) is 12.6. The quantitative estimate of drug-likeness (QED) is 0.293. The van der Waals surface area contributed by atoms with Crippen molar-refractivity contribution in [3.63, 3.8) is 0 Å². The topological polar surface area (TPSA) is 60.2 Å². The van der Waals surface area contributed by atoms with Gasteiger partial charge in [0.1, 0.15) is 22.5 Å². The second-order valence-electron chi connectivity index (χ2n) is 10.1. The fraction of sp³-hybridized carbons (Fsp3) is 0.556. The molecule has 0 saturated carbocycles. The van der Waals surface area contributed by atoms with Crippen LogP contribution in [0.1, 0.15) is 90.2 Å². The van der Waals surface area contributed by atoms with Crippen LogP contribution in [0.3, 0.4) is 0 Å². The van der Waals surface area contributed by atoms with Crippen molar-refractivity contribution in [2.24, 2.45) is 0 Å². The zero-order valence-electron chi connectivity index (χ0n) is 20.7. The van der Waals surface area contributed by atoms with Crippen LogP contribution < -0.4 is 0 Å². The van der Waals surface area contributed by atoms with E-state index in [1.165, 1.54) is 36.9 Å². The van der Waals surface area contributed by atoms with Gasteiger partial charge >= 0.3 is 0 Å². The summed E-state index contributed by atoms with van der Waals surface area (Å²) in [5.41, 5.74) is 3.75. The Morgan fingerprint density at radius 3 is 2.42 bits per heavy atom. The molecule has 0 radical (unpaired) electrons. The molecule has 0 saturated heterocycles. The van der Waals surface area contributed by atoms with Crippen molar-refractivity contribution >= 4 is 22.6 Å². The van der Waals surface area contributed by atoms with Crippen molar-refractivity contribution in [1.29, 1.82) is 0 Å². The average molecular weight is 472 g/mol. The normalized spacial score (nSPS) is 13.0. The lowest BCUT2D eigenvalue weighted by Gasteiger charge is -2.24. The molecule has 1 aromatic heterocycles. The number of phenolic OH excluding ortho intramolecular Hbond substituents is 1. The van der Waals surface area contributed by atoms with Crippen LogP contribution in [0.2, 0.25) is 5.02 Å². The number of fused-ring (bicyclic) bond motifs is 1. The van der Waals surface area contributed by atoms with E-state index in [9.17, 15) is 5.11 Å². The molecule has 0 aliphatic heterocycles. The molecule has 0 bridgehead atoms. The number of halogens is 1. The Hall–Kier alpha value is -2.11. The summed E-state index contributed by atoms with van der Waals surface area (Å²) in [5.74, 6) is 0.391. The van der Waals surface area contributed by atoms with Crippen molar-refractivity contribution in [3.05, 3.63) is 46.5 Å². The van der Waals surface area contributed by atoms with Gasteiger partial charge in [0.15, 0.2) is 0 Å². The highest BCUT2D eigenvalue weighted by Gasteiger charge is 2.24. The van der Waals surface area contributed by atoms with Gasteiger partial charge in [0, 0.05) is 23.1 Å². The number of aromatic nitrogens is 3. The maximum atomic E-state index is 11.1. The van der Waals surface area contributed by atoms with Crippen LogP contribution in [0.4, 0.5) is 0 Å². The van der Waals surface area contributed by atoms with Crippen LogP contribution in [-0.4, -0.2) is 33.3 Å². The third kappa shape index (κ3) is 6.70. The Balaban J connectivity index is 1.79. The summed E-state index contributed by atoms with van der Waals surface area (Å²) in [4.78, 5) is 1.51. The summed E-state index contributed by atoms with van der Waals surface area (Å²) < 4.78 is 6.00. The van der Waals surface area contributed by atoms with Crippen LogP contribution in [0.5, 0.6) is 5.75 Å². The molecule has 0 aliphatic rings. The lowest BCUT2D eigenvalue weighted by molar-refractivity contribution is 0.119. The smallest absolute Gasteiger partial charge is 0.146 e. The Kier molecular flexibility index (Phi) is 8.77. The van der Waals surface area contributed by atoms with Gasteiger partial charge in [0.05, 0.1) is 6.61 Å². The van der Waals surface area contributed by atoms with E-state index < -0.39 is 0 Å². The molecular formula is C27H38ClN3O2.